The van der Waals surface area contributed by atoms with Gasteiger partial charge in [-0.2, -0.15) is 0 Å². The third-order valence-corrected chi connectivity index (χ3v) is 5.51. The van der Waals surface area contributed by atoms with Crippen LogP contribution in [0.1, 0.15) is 52.9 Å². The Morgan fingerprint density at radius 3 is 2.33 bits per heavy atom. The molecule has 0 bridgehead atoms. The molecule has 0 aromatic carbocycles. The molecule has 1 rings (SSSR count). The summed E-state index contributed by atoms with van der Waals surface area (Å²) < 4.78 is 26.7. The van der Waals surface area contributed by atoms with Gasteiger partial charge in [-0.05, 0) is 19.3 Å². The SMILES string of the molecule is CC(C)NCC(C)S(=O)(=O)NCCC1CCCC1. The van der Waals surface area contributed by atoms with E-state index in [4.69, 9.17) is 0 Å². The predicted molar refractivity (Wildman–Crippen MR) is 76.1 cm³/mol. The van der Waals surface area contributed by atoms with E-state index in [2.05, 4.69) is 10.0 Å². The third kappa shape index (κ3) is 5.67. The Morgan fingerprint density at radius 1 is 1.17 bits per heavy atom. The number of sulfonamides is 1. The summed E-state index contributed by atoms with van der Waals surface area (Å²) in [5.74, 6) is 0.733. The number of hydrogen-bond acceptors (Lipinski definition) is 3. The smallest absolute Gasteiger partial charge is 0.215 e. The Balaban J connectivity index is 2.25. The molecule has 0 aromatic heterocycles. The van der Waals surface area contributed by atoms with E-state index >= 15 is 0 Å². The summed E-state index contributed by atoms with van der Waals surface area (Å²) in [6.45, 7) is 6.91. The molecule has 0 spiro atoms. The molecule has 1 aliphatic carbocycles. The van der Waals surface area contributed by atoms with Crippen molar-refractivity contribution in [2.24, 2.45) is 5.92 Å². The first-order chi connectivity index (χ1) is 8.42. The molecule has 0 aromatic rings. The lowest BCUT2D eigenvalue weighted by Gasteiger charge is -2.17. The van der Waals surface area contributed by atoms with E-state index in [1.807, 2.05) is 13.8 Å². The Hall–Kier alpha value is -0.130. The van der Waals surface area contributed by atoms with Crippen LogP contribution in [0, 0.1) is 5.92 Å². The molecule has 0 aliphatic heterocycles. The summed E-state index contributed by atoms with van der Waals surface area (Å²) in [7, 11) is -3.16. The first-order valence-electron chi connectivity index (χ1n) is 7.13. The molecule has 4 nitrogen and oxygen atoms in total. The van der Waals surface area contributed by atoms with Gasteiger partial charge in [0.1, 0.15) is 0 Å². The predicted octanol–water partition coefficient (Wildman–Crippen LogP) is 1.87. The summed E-state index contributed by atoms with van der Waals surface area (Å²) >= 11 is 0. The van der Waals surface area contributed by atoms with Gasteiger partial charge >= 0.3 is 0 Å². The summed E-state index contributed by atoms with van der Waals surface area (Å²) in [5.41, 5.74) is 0. The highest BCUT2D eigenvalue weighted by atomic mass is 32.2. The van der Waals surface area contributed by atoms with E-state index in [1.54, 1.807) is 6.92 Å². The molecule has 2 N–H and O–H groups in total. The van der Waals surface area contributed by atoms with Crippen LogP contribution in [-0.4, -0.2) is 32.8 Å². The minimum absolute atomic E-state index is 0.320. The first kappa shape index (κ1) is 15.9. The summed E-state index contributed by atoms with van der Waals surface area (Å²) in [4.78, 5) is 0. The van der Waals surface area contributed by atoms with E-state index in [0.717, 1.165) is 12.3 Å². The zero-order valence-corrected chi connectivity index (χ0v) is 12.7. The third-order valence-electron chi connectivity index (χ3n) is 3.67. The van der Waals surface area contributed by atoms with Gasteiger partial charge in [-0.3, -0.25) is 0 Å². The van der Waals surface area contributed by atoms with Crippen molar-refractivity contribution in [2.75, 3.05) is 13.1 Å². The normalized spacial score (nSPS) is 19.6. The fraction of sp³-hybridized carbons (Fsp3) is 1.00. The summed E-state index contributed by atoms with van der Waals surface area (Å²) in [6, 6.07) is 0.320. The number of nitrogens with one attached hydrogen (secondary N) is 2. The molecule has 5 heteroatoms. The van der Waals surface area contributed by atoms with Crippen molar-refractivity contribution in [3.63, 3.8) is 0 Å². The lowest BCUT2D eigenvalue weighted by Crippen LogP contribution is -2.41. The average Bonchev–Trinajstić information content (AvgIpc) is 2.78. The minimum atomic E-state index is -3.16. The largest absolute Gasteiger partial charge is 0.313 e. The fourth-order valence-corrected chi connectivity index (χ4v) is 3.36. The van der Waals surface area contributed by atoms with E-state index in [0.29, 0.717) is 19.1 Å². The highest BCUT2D eigenvalue weighted by molar-refractivity contribution is 7.90. The Morgan fingerprint density at radius 2 is 1.78 bits per heavy atom. The van der Waals surface area contributed by atoms with Crippen LogP contribution in [0.15, 0.2) is 0 Å². The highest BCUT2D eigenvalue weighted by Crippen LogP contribution is 2.26. The van der Waals surface area contributed by atoms with Crippen LogP contribution in [0.4, 0.5) is 0 Å². The van der Waals surface area contributed by atoms with Gasteiger partial charge < -0.3 is 5.32 Å². The summed E-state index contributed by atoms with van der Waals surface area (Å²) in [5, 5.41) is 2.79. The molecule has 18 heavy (non-hydrogen) atoms. The topological polar surface area (TPSA) is 58.2 Å². The van der Waals surface area contributed by atoms with Crippen LogP contribution in [0.2, 0.25) is 0 Å². The molecule has 0 saturated heterocycles. The van der Waals surface area contributed by atoms with Crippen molar-refractivity contribution < 1.29 is 8.42 Å². The number of rotatable bonds is 8. The maximum atomic E-state index is 12.0. The van der Waals surface area contributed by atoms with Gasteiger partial charge in [0.05, 0.1) is 5.25 Å². The zero-order valence-electron chi connectivity index (χ0n) is 11.9. The molecule has 0 radical (unpaired) electrons. The average molecular weight is 276 g/mol. The van der Waals surface area contributed by atoms with Crippen LogP contribution in [0.25, 0.3) is 0 Å². The van der Waals surface area contributed by atoms with E-state index in [9.17, 15) is 8.42 Å². The second kappa shape index (κ2) is 7.46. The summed E-state index contributed by atoms with van der Waals surface area (Å²) in [6.07, 6.45) is 6.15. The van der Waals surface area contributed by atoms with Gasteiger partial charge in [0.25, 0.3) is 0 Å². The fourth-order valence-electron chi connectivity index (χ4n) is 2.36. The molecule has 0 heterocycles. The Labute approximate surface area is 112 Å². The molecule has 1 aliphatic rings. The maximum Gasteiger partial charge on any atom is 0.215 e. The lowest BCUT2D eigenvalue weighted by atomic mass is 10.1. The zero-order chi connectivity index (χ0) is 13.6. The van der Waals surface area contributed by atoms with Crippen LogP contribution < -0.4 is 10.0 Å². The monoisotopic (exact) mass is 276 g/mol. The van der Waals surface area contributed by atoms with Gasteiger partial charge in [-0.15, -0.1) is 0 Å². The molecular formula is C13H28N2O2S. The van der Waals surface area contributed by atoms with Crippen molar-refractivity contribution >= 4 is 10.0 Å². The highest BCUT2D eigenvalue weighted by Gasteiger charge is 2.21. The van der Waals surface area contributed by atoms with Gasteiger partial charge in [0.15, 0.2) is 0 Å². The number of hydrogen-bond donors (Lipinski definition) is 2. The van der Waals surface area contributed by atoms with E-state index < -0.39 is 10.0 Å². The lowest BCUT2D eigenvalue weighted by molar-refractivity contribution is 0.491. The van der Waals surface area contributed by atoms with Gasteiger partial charge in [-0.1, -0.05) is 39.5 Å². The van der Waals surface area contributed by atoms with Gasteiger partial charge in [0.2, 0.25) is 10.0 Å². The minimum Gasteiger partial charge on any atom is -0.313 e. The van der Waals surface area contributed by atoms with E-state index in [1.165, 1.54) is 25.7 Å². The van der Waals surface area contributed by atoms with Crippen molar-refractivity contribution in [2.45, 2.75) is 64.2 Å². The standard InChI is InChI=1S/C13H28N2O2S/c1-11(2)14-10-12(3)18(16,17)15-9-8-13-6-4-5-7-13/h11-15H,4-10H2,1-3H3. The first-order valence-corrected chi connectivity index (χ1v) is 8.68. The molecule has 0 amide bonds. The quantitative estimate of drug-likeness (QED) is 0.711. The Kier molecular flexibility index (Phi) is 6.60. The van der Waals surface area contributed by atoms with Crippen molar-refractivity contribution in [3.8, 4) is 0 Å². The van der Waals surface area contributed by atoms with Gasteiger partial charge in [0, 0.05) is 19.1 Å². The molecule has 1 unspecified atom stereocenters. The molecular weight excluding hydrogens is 248 g/mol. The molecule has 1 fully saturated rings. The van der Waals surface area contributed by atoms with Crippen LogP contribution >= 0.6 is 0 Å². The molecule has 1 saturated carbocycles. The van der Waals surface area contributed by atoms with Crippen molar-refractivity contribution in [1.82, 2.24) is 10.0 Å². The molecule has 108 valence electrons. The van der Waals surface area contributed by atoms with Crippen LogP contribution in [-0.2, 0) is 10.0 Å². The Bertz CT molecular complexity index is 322. The van der Waals surface area contributed by atoms with Crippen molar-refractivity contribution in [3.05, 3.63) is 0 Å². The molecule has 1 atom stereocenters. The maximum absolute atomic E-state index is 12.0. The second-order valence-electron chi connectivity index (χ2n) is 5.75. The van der Waals surface area contributed by atoms with Crippen molar-refractivity contribution in [1.29, 1.82) is 0 Å². The van der Waals surface area contributed by atoms with Crippen LogP contribution in [0.5, 0.6) is 0 Å². The van der Waals surface area contributed by atoms with Crippen LogP contribution in [0.3, 0.4) is 0 Å². The van der Waals surface area contributed by atoms with E-state index in [-0.39, 0.29) is 5.25 Å². The second-order valence-corrected chi connectivity index (χ2v) is 7.94. The van der Waals surface area contributed by atoms with Gasteiger partial charge in [-0.25, -0.2) is 13.1 Å².